The molecule has 0 heterocycles. The topological polar surface area (TPSA) is 18.5 Å². The summed E-state index contributed by atoms with van der Waals surface area (Å²) in [4.78, 5) is 0. The lowest BCUT2D eigenvalue weighted by Crippen LogP contribution is -2.23. The maximum atomic E-state index is 14.5. The largest absolute Gasteiger partial charge is 0.429 e. The molecule has 3 aromatic carbocycles. The third kappa shape index (κ3) is 5.97. The number of ether oxygens (including phenoxy) is 2. The van der Waals surface area contributed by atoms with Gasteiger partial charge in [0.1, 0.15) is 11.5 Å². The molecule has 0 radical (unpaired) electrons. The van der Waals surface area contributed by atoms with Crippen LogP contribution in [0.4, 0.5) is 30.7 Å². The van der Waals surface area contributed by atoms with Crippen molar-refractivity contribution in [1.29, 1.82) is 0 Å². The van der Waals surface area contributed by atoms with Crippen molar-refractivity contribution < 1.29 is 40.2 Å². The van der Waals surface area contributed by atoms with E-state index in [1.807, 2.05) is 6.92 Å². The van der Waals surface area contributed by atoms with Gasteiger partial charge in [0.25, 0.3) is 0 Å². The first-order valence-corrected chi connectivity index (χ1v) is 10.00. The molecule has 0 saturated carbocycles. The van der Waals surface area contributed by atoms with Crippen LogP contribution in [0.1, 0.15) is 36.5 Å². The molecule has 0 spiro atoms. The summed E-state index contributed by atoms with van der Waals surface area (Å²) < 4.78 is 106. The third-order valence-electron chi connectivity index (χ3n) is 4.75. The highest BCUT2D eigenvalue weighted by Crippen LogP contribution is 2.36. The normalized spacial score (nSPS) is 12.0. The molecule has 0 saturated heterocycles. The van der Waals surface area contributed by atoms with Crippen LogP contribution in [-0.4, -0.2) is 0 Å². The molecule has 3 rings (SSSR count). The minimum atomic E-state index is -4.09. The number of hydrogen-bond acceptors (Lipinski definition) is 2. The molecule has 0 aromatic heterocycles. The van der Waals surface area contributed by atoms with Crippen molar-refractivity contribution in [2.45, 2.75) is 38.4 Å². The lowest BCUT2D eigenvalue weighted by Gasteiger charge is -2.21. The van der Waals surface area contributed by atoms with Gasteiger partial charge in [-0.3, -0.25) is 0 Å². The summed E-state index contributed by atoms with van der Waals surface area (Å²) in [5.41, 5.74) is -0.298. The van der Waals surface area contributed by atoms with Crippen LogP contribution in [0.15, 0.2) is 60.7 Å². The number of hydrogen-bond donors (Lipinski definition) is 0. The fourth-order valence-corrected chi connectivity index (χ4v) is 2.97. The Bertz CT molecular complexity index is 1060. The van der Waals surface area contributed by atoms with Gasteiger partial charge in [0.05, 0.1) is 11.1 Å². The summed E-state index contributed by atoms with van der Waals surface area (Å²) >= 11 is 0. The lowest BCUT2D eigenvalue weighted by molar-refractivity contribution is -0.187. The fraction of sp³-hybridized carbons (Fsp3) is 0.250. The quantitative estimate of drug-likeness (QED) is 0.235. The molecule has 2 nitrogen and oxygen atoms in total. The molecule has 0 amide bonds. The first-order chi connectivity index (χ1) is 15.5. The molecular formula is C24H19F7O2. The van der Waals surface area contributed by atoms with E-state index in [1.54, 1.807) is 12.1 Å². The summed E-state index contributed by atoms with van der Waals surface area (Å²) in [5, 5.41) is 0. The summed E-state index contributed by atoms with van der Waals surface area (Å²) in [6, 6.07) is 9.42. The Hall–Kier alpha value is -3.23. The van der Waals surface area contributed by atoms with Crippen molar-refractivity contribution in [2.24, 2.45) is 0 Å². The zero-order valence-electron chi connectivity index (χ0n) is 17.4. The maximum absolute atomic E-state index is 14.5. The van der Waals surface area contributed by atoms with Crippen LogP contribution in [0, 0.1) is 17.5 Å². The van der Waals surface area contributed by atoms with E-state index < -0.39 is 52.3 Å². The van der Waals surface area contributed by atoms with Gasteiger partial charge in [0.15, 0.2) is 17.5 Å². The van der Waals surface area contributed by atoms with Crippen molar-refractivity contribution in [3.05, 3.63) is 94.8 Å². The SMILES string of the molecule is CCCCc1ccc(C(F)(F)Oc2ccc(C(F)(F)Oc3cc(F)c(F)c(F)c3)cc2)cc1. The molecule has 176 valence electrons. The average Bonchev–Trinajstić information content (AvgIpc) is 2.76. The Morgan fingerprint density at radius 1 is 0.667 bits per heavy atom. The van der Waals surface area contributed by atoms with Gasteiger partial charge < -0.3 is 9.47 Å². The summed E-state index contributed by atoms with van der Waals surface area (Å²) in [7, 11) is 0. The number of halogens is 7. The van der Waals surface area contributed by atoms with Crippen LogP contribution in [-0.2, 0) is 18.6 Å². The first kappa shape index (κ1) is 24.4. The van der Waals surface area contributed by atoms with E-state index in [9.17, 15) is 30.7 Å². The summed E-state index contributed by atoms with van der Waals surface area (Å²) in [6.45, 7) is 2.02. The zero-order valence-corrected chi connectivity index (χ0v) is 17.4. The van der Waals surface area contributed by atoms with Crippen molar-refractivity contribution in [3.63, 3.8) is 0 Å². The van der Waals surface area contributed by atoms with Crippen LogP contribution in [0.5, 0.6) is 11.5 Å². The molecule has 0 fully saturated rings. The standard InChI is InChI=1S/C24H19F7O2/c1-2-3-4-15-5-7-16(8-6-15)23(28,29)32-18-11-9-17(10-12-18)24(30,31)33-19-13-20(25)22(27)21(26)14-19/h5-14H,2-4H2,1H3. The molecule has 0 atom stereocenters. The lowest BCUT2D eigenvalue weighted by atomic mass is 10.1. The number of aryl methyl sites for hydroxylation is 1. The van der Waals surface area contributed by atoms with Gasteiger partial charge in [-0.15, -0.1) is 0 Å². The zero-order chi connectivity index (χ0) is 24.2. The van der Waals surface area contributed by atoms with Gasteiger partial charge in [-0.25, -0.2) is 13.2 Å². The Morgan fingerprint density at radius 2 is 1.12 bits per heavy atom. The molecule has 0 aliphatic heterocycles. The van der Waals surface area contributed by atoms with E-state index in [0.29, 0.717) is 0 Å². The Balaban J connectivity index is 1.71. The molecule has 33 heavy (non-hydrogen) atoms. The highest BCUT2D eigenvalue weighted by molar-refractivity contribution is 5.32. The molecular weight excluding hydrogens is 453 g/mol. The minimum absolute atomic E-state index is 0.262. The van der Waals surface area contributed by atoms with Crippen molar-refractivity contribution >= 4 is 0 Å². The molecule has 9 heteroatoms. The summed E-state index contributed by atoms with van der Waals surface area (Å²) in [6.07, 6.45) is -5.14. The van der Waals surface area contributed by atoms with E-state index >= 15 is 0 Å². The van der Waals surface area contributed by atoms with Gasteiger partial charge in [0, 0.05) is 12.1 Å². The van der Waals surface area contributed by atoms with Gasteiger partial charge in [-0.1, -0.05) is 25.5 Å². The molecule has 0 N–H and O–H groups in total. The van der Waals surface area contributed by atoms with Crippen molar-refractivity contribution in [3.8, 4) is 11.5 Å². The third-order valence-corrected chi connectivity index (χ3v) is 4.75. The fourth-order valence-electron chi connectivity index (χ4n) is 2.97. The second-order valence-corrected chi connectivity index (χ2v) is 7.26. The van der Waals surface area contributed by atoms with Crippen molar-refractivity contribution in [2.75, 3.05) is 0 Å². The highest BCUT2D eigenvalue weighted by Gasteiger charge is 2.37. The van der Waals surface area contributed by atoms with E-state index in [4.69, 9.17) is 0 Å². The summed E-state index contributed by atoms with van der Waals surface area (Å²) in [5.74, 6) is -6.59. The Labute approximate surface area is 185 Å². The molecule has 3 aromatic rings. The monoisotopic (exact) mass is 472 g/mol. The van der Waals surface area contributed by atoms with E-state index in [2.05, 4.69) is 9.47 Å². The molecule has 0 aliphatic rings. The van der Waals surface area contributed by atoms with Gasteiger partial charge in [-0.05, 0) is 54.8 Å². The predicted octanol–water partition coefficient (Wildman–Crippen LogP) is 7.70. The van der Waals surface area contributed by atoms with Crippen LogP contribution in [0.25, 0.3) is 0 Å². The maximum Gasteiger partial charge on any atom is 0.426 e. The van der Waals surface area contributed by atoms with E-state index in [0.717, 1.165) is 49.1 Å². The van der Waals surface area contributed by atoms with Crippen LogP contribution < -0.4 is 9.47 Å². The van der Waals surface area contributed by atoms with Gasteiger partial charge in [-0.2, -0.15) is 17.6 Å². The Kier molecular flexibility index (Phi) is 7.19. The van der Waals surface area contributed by atoms with E-state index in [-0.39, 0.29) is 12.1 Å². The van der Waals surface area contributed by atoms with Gasteiger partial charge >= 0.3 is 12.2 Å². The van der Waals surface area contributed by atoms with Crippen LogP contribution in [0.2, 0.25) is 0 Å². The average molecular weight is 472 g/mol. The first-order valence-electron chi connectivity index (χ1n) is 10.00. The van der Waals surface area contributed by atoms with Crippen LogP contribution in [0.3, 0.4) is 0 Å². The second kappa shape index (κ2) is 9.72. The number of unbranched alkanes of at least 4 members (excludes halogenated alkanes) is 1. The van der Waals surface area contributed by atoms with Gasteiger partial charge in [0.2, 0.25) is 0 Å². The minimum Gasteiger partial charge on any atom is -0.429 e. The number of rotatable bonds is 9. The van der Waals surface area contributed by atoms with E-state index in [1.165, 1.54) is 12.1 Å². The molecule has 0 bridgehead atoms. The van der Waals surface area contributed by atoms with Crippen LogP contribution >= 0.6 is 0 Å². The predicted molar refractivity (Wildman–Crippen MR) is 107 cm³/mol. The highest BCUT2D eigenvalue weighted by atomic mass is 19.3. The molecule has 0 aliphatic carbocycles. The molecule has 0 unspecified atom stereocenters. The second-order valence-electron chi connectivity index (χ2n) is 7.26. The number of benzene rings is 3. The number of alkyl halides is 4. The van der Waals surface area contributed by atoms with Crippen molar-refractivity contribution in [1.82, 2.24) is 0 Å². The smallest absolute Gasteiger partial charge is 0.426 e. The Morgan fingerprint density at radius 3 is 1.61 bits per heavy atom.